The van der Waals surface area contributed by atoms with Gasteiger partial charge in [-0.3, -0.25) is 4.79 Å². The number of hydrogen-bond acceptors (Lipinski definition) is 2. The molecule has 1 heterocycles. The van der Waals surface area contributed by atoms with Gasteiger partial charge in [-0.25, -0.2) is 0 Å². The first-order valence-corrected chi connectivity index (χ1v) is 7.33. The second kappa shape index (κ2) is 6.92. The highest BCUT2D eigenvalue weighted by Crippen LogP contribution is 2.22. The Bertz CT molecular complexity index is 434. The van der Waals surface area contributed by atoms with Crippen molar-refractivity contribution in [2.24, 2.45) is 5.73 Å². The predicted octanol–water partition coefficient (Wildman–Crippen LogP) is 2.61. The number of likely N-dealkylation sites (tertiary alicyclic amines) is 1. The molecule has 1 aliphatic heterocycles. The van der Waals surface area contributed by atoms with Gasteiger partial charge < -0.3 is 10.6 Å². The molecule has 1 fully saturated rings. The maximum Gasteiger partial charge on any atom is 0.227 e. The summed E-state index contributed by atoms with van der Waals surface area (Å²) >= 11 is 6.11. The van der Waals surface area contributed by atoms with Crippen LogP contribution in [0.5, 0.6) is 0 Å². The van der Waals surface area contributed by atoms with Gasteiger partial charge in [-0.2, -0.15) is 0 Å². The van der Waals surface area contributed by atoms with Crippen molar-refractivity contribution < 1.29 is 4.79 Å². The van der Waals surface area contributed by atoms with Gasteiger partial charge in [0, 0.05) is 17.6 Å². The maximum absolute atomic E-state index is 12.4. The van der Waals surface area contributed by atoms with Crippen LogP contribution in [0.3, 0.4) is 0 Å². The molecule has 2 rings (SSSR count). The third kappa shape index (κ3) is 3.71. The van der Waals surface area contributed by atoms with E-state index in [1.165, 1.54) is 6.42 Å². The first-order valence-electron chi connectivity index (χ1n) is 6.95. The molecule has 0 bridgehead atoms. The van der Waals surface area contributed by atoms with Crippen LogP contribution in [-0.2, 0) is 11.2 Å². The van der Waals surface area contributed by atoms with E-state index in [9.17, 15) is 4.79 Å². The van der Waals surface area contributed by atoms with Gasteiger partial charge in [0.2, 0.25) is 5.91 Å². The SMILES string of the molecule is NCCC1CCCCN1C(=O)Cc1ccccc1Cl. The summed E-state index contributed by atoms with van der Waals surface area (Å²) in [6.07, 6.45) is 4.65. The van der Waals surface area contributed by atoms with Crippen molar-refractivity contribution >= 4 is 17.5 Å². The second-order valence-electron chi connectivity index (χ2n) is 5.08. The van der Waals surface area contributed by atoms with E-state index in [1.807, 2.05) is 29.2 Å². The van der Waals surface area contributed by atoms with Crippen LogP contribution in [0.1, 0.15) is 31.2 Å². The van der Waals surface area contributed by atoms with Gasteiger partial charge in [-0.15, -0.1) is 0 Å². The number of hydrogen-bond donors (Lipinski definition) is 1. The monoisotopic (exact) mass is 280 g/mol. The molecule has 4 heteroatoms. The summed E-state index contributed by atoms with van der Waals surface area (Å²) in [5.74, 6) is 0.172. The first kappa shape index (κ1) is 14.4. The molecule has 0 spiro atoms. The number of nitrogens with zero attached hydrogens (tertiary/aromatic N) is 1. The molecule has 0 radical (unpaired) electrons. The molecular weight excluding hydrogens is 260 g/mol. The van der Waals surface area contributed by atoms with E-state index in [4.69, 9.17) is 17.3 Å². The number of piperidine rings is 1. The molecular formula is C15H21ClN2O. The lowest BCUT2D eigenvalue weighted by molar-refractivity contribution is -0.134. The fraction of sp³-hybridized carbons (Fsp3) is 0.533. The van der Waals surface area contributed by atoms with Crippen LogP contribution >= 0.6 is 11.6 Å². The third-order valence-electron chi connectivity index (χ3n) is 3.75. The van der Waals surface area contributed by atoms with Crippen molar-refractivity contribution in [3.63, 3.8) is 0 Å². The summed E-state index contributed by atoms with van der Waals surface area (Å²) in [5.41, 5.74) is 6.55. The normalized spacial score (nSPS) is 19.5. The van der Waals surface area contributed by atoms with Crippen LogP contribution in [0.15, 0.2) is 24.3 Å². The summed E-state index contributed by atoms with van der Waals surface area (Å²) < 4.78 is 0. The molecule has 3 nitrogen and oxygen atoms in total. The van der Waals surface area contributed by atoms with Crippen molar-refractivity contribution in [1.82, 2.24) is 4.90 Å². The molecule has 1 amide bonds. The Balaban J connectivity index is 2.03. The Kier molecular flexibility index (Phi) is 5.23. The first-order chi connectivity index (χ1) is 9.22. The zero-order valence-corrected chi connectivity index (χ0v) is 11.9. The van der Waals surface area contributed by atoms with Gasteiger partial charge in [-0.05, 0) is 43.9 Å². The summed E-state index contributed by atoms with van der Waals surface area (Å²) in [6.45, 7) is 1.49. The van der Waals surface area contributed by atoms with Crippen LogP contribution in [0.2, 0.25) is 5.02 Å². The van der Waals surface area contributed by atoms with E-state index in [1.54, 1.807) is 0 Å². The number of rotatable bonds is 4. The third-order valence-corrected chi connectivity index (χ3v) is 4.12. The lowest BCUT2D eigenvalue weighted by Gasteiger charge is -2.36. The lowest BCUT2D eigenvalue weighted by atomic mass is 9.98. The van der Waals surface area contributed by atoms with E-state index >= 15 is 0 Å². The molecule has 19 heavy (non-hydrogen) atoms. The maximum atomic E-state index is 12.4. The molecule has 0 saturated carbocycles. The van der Waals surface area contributed by atoms with Gasteiger partial charge in [0.25, 0.3) is 0 Å². The predicted molar refractivity (Wildman–Crippen MR) is 78.2 cm³/mol. The fourth-order valence-corrected chi connectivity index (χ4v) is 2.93. The molecule has 1 unspecified atom stereocenters. The zero-order valence-electron chi connectivity index (χ0n) is 11.1. The van der Waals surface area contributed by atoms with Gasteiger partial charge >= 0.3 is 0 Å². The van der Waals surface area contributed by atoms with E-state index in [0.29, 0.717) is 24.0 Å². The molecule has 1 aromatic rings. The standard InChI is InChI=1S/C15H21ClN2O/c16-14-7-2-1-5-12(14)11-15(19)18-10-4-3-6-13(18)8-9-17/h1-2,5,7,13H,3-4,6,8-11,17H2. The smallest absolute Gasteiger partial charge is 0.227 e. The van der Waals surface area contributed by atoms with Gasteiger partial charge in [0.05, 0.1) is 6.42 Å². The Hall–Kier alpha value is -1.06. The Labute approximate surface area is 119 Å². The van der Waals surface area contributed by atoms with E-state index in [2.05, 4.69) is 0 Å². The fourth-order valence-electron chi connectivity index (χ4n) is 2.73. The molecule has 0 aliphatic carbocycles. The zero-order chi connectivity index (χ0) is 13.7. The summed E-state index contributed by atoms with van der Waals surface area (Å²) in [6, 6.07) is 7.87. The topological polar surface area (TPSA) is 46.3 Å². The average molecular weight is 281 g/mol. The lowest BCUT2D eigenvalue weighted by Crippen LogP contribution is -2.45. The van der Waals surface area contributed by atoms with Crippen molar-refractivity contribution in [2.45, 2.75) is 38.1 Å². The van der Waals surface area contributed by atoms with Crippen LogP contribution in [0, 0.1) is 0 Å². The highest BCUT2D eigenvalue weighted by Gasteiger charge is 2.26. The van der Waals surface area contributed by atoms with Gasteiger partial charge in [0.1, 0.15) is 0 Å². The average Bonchev–Trinajstić information content (AvgIpc) is 2.42. The minimum Gasteiger partial charge on any atom is -0.339 e. The number of carbonyl (C=O) groups is 1. The molecule has 1 atom stereocenters. The molecule has 0 aromatic heterocycles. The van der Waals surface area contributed by atoms with Gasteiger partial charge in [0.15, 0.2) is 0 Å². The van der Waals surface area contributed by atoms with Crippen molar-refractivity contribution in [2.75, 3.05) is 13.1 Å². The Morgan fingerprint density at radius 3 is 2.89 bits per heavy atom. The van der Waals surface area contributed by atoms with Crippen LogP contribution in [0.25, 0.3) is 0 Å². The Morgan fingerprint density at radius 2 is 2.16 bits per heavy atom. The van der Waals surface area contributed by atoms with Crippen LogP contribution in [0.4, 0.5) is 0 Å². The largest absolute Gasteiger partial charge is 0.339 e. The molecule has 1 aromatic carbocycles. The Morgan fingerprint density at radius 1 is 1.37 bits per heavy atom. The molecule has 104 valence electrons. The summed E-state index contributed by atoms with van der Waals surface area (Å²) in [4.78, 5) is 14.4. The molecule has 1 aliphatic rings. The summed E-state index contributed by atoms with van der Waals surface area (Å²) in [7, 11) is 0. The highest BCUT2D eigenvalue weighted by atomic mass is 35.5. The van der Waals surface area contributed by atoms with Gasteiger partial charge in [-0.1, -0.05) is 29.8 Å². The summed E-state index contributed by atoms with van der Waals surface area (Å²) in [5, 5.41) is 0.670. The van der Waals surface area contributed by atoms with Crippen molar-refractivity contribution in [1.29, 1.82) is 0 Å². The van der Waals surface area contributed by atoms with Crippen LogP contribution < -0.4 is 5.73 Å². The number of benzene rings is 1. The number of carbonyl (C=O) groups excluding carboxylic acids is 1. The van der Waals surface area contributed by atoms with E-state index in [0.717, 1.165) is 31.4 Å². The minimum absolute atomic E-state index is 0.172. The quantitative estimate of drug-likeness (QED) is 0.921. The highest BCUT2D eigenvalue weighted by molar-refractivity contribution is 6.31. The molecule has 1 saturated heterocycles. The van der Waals surface area contributed by atoms with Crippen LogP contribution in [-0.4, -0.2) is 29.9 Å². The number of halogens is 1. The van der Waals surface area contributed by atoms with E-state index < -0.39 is 0 Å². The molecule has 2 N–H and O–H groups in total. The van der Waals surface area contributed by atoms with Crippen molar-refractivity contribution in [3.8, 4) is 0 Å². The number of amides is 1. The number of nitrogens with two attached hydrogens (primary N) is 1. The second-order valence-corrected chi connectivity index (χ2v) is 5.49. The van der Waals surface area contributed by atoms with E-state index in [-0.39, 0.29) is 5.91 Å². The van der Waals surface area contributed by atoms with Crippen molar-refractivity contribution in [3.05, 3.63) is 34.9 Å². The minimum atomic E-state index is 0.172.